The van der Waals surface area contributed by atoms with E-state index in [2.05, 4.69) is 28.2 Å². The summed E-state index contributed by atoms with van der Waals surface area (Å²) in [6.45, 7) is 3.26. The van der Waals surface area contributed by atoms with E-state index in [4.69, 9.17) is 16.3 Å². The molecule has 1 N–H and O–H groups in total. The van der Waals surface area contributed by atoms with Gasteiger partial charge >= 0.3 is 0 Å². The molecule has 6 nitrogen and oxygen atoms in total. The minimum absolute atomic E-state index is 0.000804. The van der Waals surface area contributed by atoms with Crippen molar-refractivity contribution in [3.63, 3.8) is 0 Å². The smallest absolute Gasteiger partial charge is 0.260 e. The molecule has 3 aromatic rings. The third-order valence-corrected chi connectivity index (χ3v) is 5.32. The van der Waals surface area contributed by atoms with Gasteiger partial charge in [0.05, 0.1) is 5.69 Å². The van der Waals surface area contributed by atoms with Crippen molar-refractivity contribution < 1.29 is 9.53 Å². The normalized spacial score (nSPS) is 14.8. The second-order valence-electron chi connectivity index (χ2n) is 7.20. The Balaban J connectivity index is 1.48. The third-order valence-electron chi connectivity index (χ3n) is 5.10. The number of aromatic amines is 1. The minimum atomic E-state index is 0.000804. The number of nitrogens with one attached hydrogen (secondary N) is 1. The zero-order chi connectivity index (χ0) is 20.2. The minimum Gasteiger partial charge on any atom is -0.484 e. The number of hydrogen-bond acceptors (Lipinski definition) is 4. The number of amides is 1. The van der Waals surface area contributed by atoms with Gasteiger partial charge in [0.1, 0.15) is 5.75 Å². The molecule has 0 bridgehead atoms. The fraction of sp³-hybridized carbons (Fsp3) is 0.273. The summed E-state index contributed by atoms with van der Waals surface area (Å²) in [4.78, 5) is 16.5. The van der Waals surface area contributed by atoms with Gasteiger partial charge in [0.15, 0.2) is 6.61 Å². The Morgan fingerprint density at radius 2 is 1.86 bits per heavy atom. The molecule has 1 saturated heterocycles. The highest BCUT2D eigenvalue weighted by molar-refractivity contribution is 6.31. The van der Waals surface area contributed by atoms with Crippen LogP contribution in [0.25, 0.3) is 22.4 Å². The number of piperazine rings is 1. The molecule has 1 fully saturated rings. The van der Waals surface area contributed by atoms with Crippen molar-refractivity contribution >= 4 is 17.5 Å². The highest BCUT2D eigenvalue weighted by atomic mass is 35.5. The topological polar surface area (TPSA) is 61.5 Å². The van der Waals surface area contributed by atoms with Crippen molar-refractivity contribution in [3.05, 3.63) is 59.8 Å². The van der Waals surface area contributed by atoms with Crippen LogP contribution in [-0.4, -0.2) is 65.7 Å². The Kier molecular flexibility index (Phi) is 5.83. The molecule has 1 aromatic heterocycles. The van der Waals surface area contributed by atoms with E-state index >= 15 is 0 Å². The molecule has 0 aliphatic carbocycles. The van der Waals surface area contributed by atoms with Crippen molar-refractivity contribution in [2.45, 2.75) is 0 Å². The van der Waals surface area contributed by atoms with Gasteiger partial charge in [-0.15, -0.1) is 0 Å². The van der Waals surface area contributed by atoms with Crippen LogP contribution in [0.5, 0.6) is 5.75 Å². The first-order valence-corrected chi connectivity index (χ1v) is 9.96. The van der Waals surface area contributed by atoms with Gasteiger partial charge in [-0.3, -0.25) is 9.89 Å². The lowest BCUT2D eigenvalue weighted by molar-refractivity contribution is -0.134. The van der Waals surface area contributed by atoms with E-state index < -0.39 is 0 Å². The van der Waals surface area contributed by atoms with Gasteiger partial charge in [0, 0.05) is 43.0 Å². The summed E-state index contributed by atoms with van der Waals surface area (Å²) in [5.41, 5.74) is 3.92. The predicted octanol–water partition coefficient (Wildman–Crippen LogP) is 3.55. The van der Waals surface area contributed by atoms with E-state index in [0.29, 0.717) is 10.8 Å². The van der Waals surface area contributed by atoms with E-state index in [1.165, 1.54) is 0 Å². The van der Waals surface area contributed by atoms with E-state index in [1.54, 1.807) is 12.3 Å². The molecular formula is C22H23ClN4O2. The van der Waals surface area contributed by atoms with E-state index in [-0.39, 0.29) is 12.5 Å². The van der Waals surface area contributed by atoms with Crippen molar-refractivity contribution in [1.29, 1.82) is 0 Å². The van der Waals surface area contributed by atoms with Crippen LogP contribution in [0, 0.1) is 0 Å². The van der Waals surface area contributed by atoms with Crippen molar-refractivity contribution in [3.8, 4) is 28.1 Å². The van der Waals surface area contributed by atoms with Crippen LogP contribution >= 0.6 is 11.6 Å². The lowest BCUT2D eigenvalue weighted by atomic mass is 10.0. The van der Waals surface area contributed by atoms with Gasteiger partial charge in [-0.2, -0.15) is 5.10 Å². The van der Waals surface area contributed by atoms with Crippen LogP contribution in [0.4, 0.5) is 0 Å². The number of halogens is 1. The molecule has 2 heterocycles. The quantitative estimate of drug-likeness (QED) is 0.698. The number of carbonyl (C=O) groups excluding carboxylic acids is 1. The van der Waals surface area contributed by atoms with Crippen LogP contribution in [-0.2, 0) is 4.79 Å². The summed E-state index contributed by atoms with van der Waals surface area (Å²) in [6, 6.07) is 15.6. The van der Waals surface area contributed by atoms with Crippen molar-refractivity contribution in [2.75, 3.05) is 39.8 Å². The van der Waals surface area contributed by atoms with Gasteiger partial charge in [-0.05, 0) is 48.5 Å². The number of aromatic nitrogens is 2. The highest BCUT2D eigenvalue weighted by Gasteiger charge is 2.19. The number of carbonyl (C=O) groups is 1. The average Bonchev–Trinajstić information content (AvgIpc) is 3.27. The number of nitrogens with zero attached hydrogens (tertiary/aromatic N) is 3. The molecular weight excluding hydrogens is 388 g/mol. The van der Waals surface area contributed by atoms with Gasteiger partial charge in [-0.25, -0.2) is 0 Å². The van der Waals surface area contributed by atoms with E-state index in [0.717, 1.165) is 48.6 Å². The van der Waals surface area contributed by atoms with Crippen molar-refractivity contribution in [2.24, 2.45) is 0 Å². The second kappa shape index (κ2) is 8.68. The average molecular weight is 411 g/mol. The molecule has 0 spiro atoms. The number of rotatable bonds is 5. The van der Waals surface area contributed by atoms with Crippen LogP contribution in [0.1, 0.15) is 0 Å². The van der Waals surface area contributed by atoms with Gasteiger partial charge < -0.3 is 14.5 Å². The van der Waals surface area contributed by atoms with Gasteiger partial charge in [-0.1, -0.05) is 29.8 Å². The Labute approximate surface area is 175 Å². The first-order valence-electron chi connectivity index (χ1n) is 9.58. The predicted molar refractivity (Wildman–Crippen MR) is 114 cm³/mol. The first-order chi connectivity index (χ1) is 14.1. The summed E-state index contributed by atoms with van der Waals surface area (Å²) in [7, 11) is 2.06. The fourth-order valence-corrected chi connectivity index (χ4v) is 3.61. The molecule has 2 aromatic carbocycles. The Morgan fingerprint density at radius 3 is 2.62 bits per heavy atom. The summed E-state index contributed by atoms with van der Waals surface area (Å²) in [5, 5.41) is 7.55. The lowest BCUT2D eigenvalue weighted by Crippen LogP contribution is -2.48. The molecule has 29 heavy (non-hydrogen) atoms. The monoisotopic (exact) mass is 410 g/mol. The molecule has 1 aliphatic rings. The van der Waals surface area contributed by atoms with Crippen LogP contribution < -0.4 is 4.74 Å². The van der Waals surface area contributed by atoms with Crippen LogP contribution in [0.3, 0.4) is 0 Å². The second-order valence-corrected chi connectivity index (χ2v) is 7.64. The van der Waals surface area contributed by atoms with Crippen LogP contribution in [0.15, 0.2) is 54.7 Å². The molecule has 150 valence electrons. The van der Waals surface area contributed by atoms with E-state index in [9.17, 15) is 4.79 Å². The molecule has 1 aliphatic heterocycles. The zero-order valence-corrected chi connectivity index (χ0v) is 17.0. The van der Waals surface area contributed by atoms with Crippen LogP contribution in [0.2, 0.25) is 5.02 Å². The fourth-order valence-electron chi connectivity index (χ4n) is 3.39. The SMILES string of the molecule is CN1CCN(C(=O)COc2cc(Cl)cc(-c3cccc(-c4ccn[nH]4)c3)c2)CC1. The summed E-state index contributed by atoms with van der Waals surface area (Å²) in [5.74, 6) is 0.586. The number of ether oxygens (including phenoxy) is 1. The molecule has 0 unspecified atom stereocenters. The highest BCUT2D eigenvalue weighted by Crippen LogP contribution is 2.31. The maximum absolute atomic E-state index is 12.4. The largest absolute Gasteiger partial charge is 0.484 e. The molecule has 0 radical (unpaired) electrons. The molecule has 0 saturated carbocycles. The maximum atomic E-state index is 12.4. The van der Waals surface area contributed by atoms with E-state index in [1.807, 2.05) is 41.3 Å². The zero-order valence-electron chi connectivity index (χ0n) is 16.3. The standard InChI is InChI=1S/C22H23ClN4O2/c1-26-7-9-27(10-8-26)22(28)15-29-20-13-18(12-19(23)14-20)16-3-2-4-17(11-16)21-5-6-24-25-21/h2-6,11-14H,7-10,15H2,1H3,(H,24,25). The Bertz CT molecular complexity index is 982. The summed E-state index contributed by atoms with van der Waals surface area (Å²) in [6.07, 6.45) is 1.73. The summed E-state index contributed by atoms with van der Waals surface area (Å²) < 4.78 is 5.79. The van der Waals surface area contributed by atoms with Gasteiger partial charge in [0.25, 0.3) is 5.91 Å². The number of H-pyrrole nitrogens is 1. The summed E-state index contributed by atoms with van der Waals surface area (Å²) >= 11 is 6.32. The molecule has 0 atom stereocenters. The Morgan fingerprint density at radius 1 is 1.07 bits per heavy atom. The Hall–Kier alpha value is -2.83. The number of hydrogen-bond donors (Lipinski definition) is 1. The molecule has 4 rings (SSSR count). The molecule has 7 heteroatoms. The third kappa shape index (κ3) is 4.78. The van der Waals surface area contributed by atoms with Crippen molar-refractivity contribution in [1.82, 2.24) is 20.0 Å². The lowest BCUT2D eigenvalue weighted by Gasteiger charge is -2.32. The number of likely N-dealkylation sites (N-methyl/N-ethyl adjacent to an activating group) is 1. The molecule has 1 amide bonds. The maximum Gasteiger partial charge on any atom is 0.260 e. The van der Waals surface area contributed by atoms with Gasteiger partial charge in [0.2, 0.25) is 0 Å². The first kappa shape index (κ1) is 19.5. The number of benzene rings is 2.